The van der Waals surface area contributed by atoms with Crippen LogP contribution in [0.25, 0.3) is 0 Å². The van der Waals surface area contributed by atoms with Crippen molar-refractivity contribution in [2.75, 3.05) is 33.1 Å². The third-order valence-electron chi connectivity index (χ3n) is 5.37. The quantitative estimate of drug-likeness (QED) is 0.520. The molecule has 2 fully saturated rings. The molecule has 1 aliphatic heterocycles. The molecule has 1 saturated carbocycles. The maximum Gasteiger partial charge on any atom is 0.401 e. The molecule has 0 spiro atoms. The van der Waals surface area contributed by atoms with E-state index in [-0.39, 0.29) is 0 Å². The summed E-state index contributed by atoms with van der Waals surface area (Å²) in [5, 5.41) is 3.55. The van der Waals surface area contributed by atoms with Crippen LogP contribution in [-0.2, 0) is 0 Å². The first-order chi connectivity index (χ1) is 12.2. The molecule has 0 radical (unpaired) electrons. The maximum absolute atomic E-state index is 5.26. The smallest absolute Gasteiger partial charge is 0.401 e. The lowest BCUT2D eigenvalue weighted by Gasteiger charge is -2.28. The monoisotopic (exact) mass is 343 g/mol. The summed E-state index contributed by atoms with van der Waals surface area (Å²) < 4.78 is 10.3. The number of nitrogens with zero attached hydrogens (tertiary/aromatic N) is 3. The van der Waals surface area contributed by atoms with E-state index >= 15 is 0 Å². The van der Waals surface area contributed by atoms with E-state index < -0.39 is 0 Å². The van der Waals surface area contributed by atoms with Crippen molar-refractivity contribution < 1.29 is 4.74 Å². The van der Waals surface area contributed by atoms with Crippen molar-refractivity contribution in [2.24, 2.45) is 0 Å². The fraction of sp³-hybridized carbons (Fsp3) is 0.600. The van der Waals surface area contributed by atoms with Crippen molar-refractivity contribution in [3.8, 4) is 5.75 Å². The molecule has 25 heavy (non-hydrogen) atoms. The first-order valence-corrected chi connectivity index (χ1v) is 9.47. The molecular weight excluding hydrogens is 312 g/mol. The van der Waals surface area contributed by atoms with Crippen molar-refractivity contribution in [3.05, 3.63) is 24.3 Å². The van der Waals surface area contributed by atoms with Gasteiger partial charge in [0, 0.05) is 20.5 Å². The second kappa shape index (κ2) is 8.30. The molecule has 1 aromatic rings. The van der Waals surface area contributed by atoms with Crippen LogP contribution in [0.3, 0.4) is 0 Å². The minimum atomic E-state index is 0.575. The minimum Gasteiger partial charge on any atom is -0.497 e. The maximum atomic E-state index is 5.26. The van der Waals surface area contributed by atoms with E-state index in [1.165, 1.54) is 44.4 Å². The van der Waals surface area contributed by atoms with Crippen LogP contribution in [0.1, 0.15) is 44.9 Å². The SMILES string of the molecule is COc1ccc(NC(=[N+]=C2CCCN2C)N(C)C2CCCCC2)cc1. The first kappa shape index (κ1) is 17.7. The molecule has 136 valence electrons. The molecule has 5 heteroatoms. The van der Waals surface area contributed by atoms with E-state index in [4.69, 9.17) is 9.40 Å². The van der Waals surface area contributed by atoms with Crippen LogP contribution in [0.4, 0.5) is 5.69 Å². The number of methoxy groups -OCH3 is 1. The lowest BCUT2D eigenvalue weighted by Crippen LogP contribution is -2.44. The van der Waals surface area contributed by atoms with E-state index in [0.29, 0.717) is 6.04 Å². The molecule has 1 heterocycles. The summed E-state index contributed by atoms with van der Waals surface area (Å²) in [6.45, 7) is 1.10. The zero-order valence-corrected chi connectivity index (χ0v) is 15.8. The van der Waals surface area contributed by atoms with Gasteiger partial charge in [0.15, 0.2) is 0 Å². The Morgan fingerprint density at radius 1 is 1.16 bits per heavy atom. The lowest BCUT2D eigenvalue weighted by molar-refractivity contribution is 0.277. The second-order valence-corrected chi connectivity index (χ2v) is 7.13. The van der Waals surface area contributed by atoms with Crippen molar-refractivity contribution >= 4 is 17.5 Å². The Morgan fingerprint density at radius 2 is 1.88 bits per heavy atom. The third kappa shape index (κ3) is 4.49. The highest BCUT2D eigenvalue weighted by molar-refractivity contribution is 5.97. The molecule has 0 aromatic heterocycles. The largest absolute Gasteiger partial charge is 0.497 e. The van der Waals surface area contributed by atoms with E-state index in [1.54, 1.807) is 7.11 Å². The fourth-order valence-corrected chi connectivity index (χ4v) is 3.70. The van der Waals surface area contributed by atoms with Gasteiger partial charge in [0.2, 0.25) is 0 Å². The number of amidine groups is 1. The van der Waals surface area contributed by atoms with Gasteiger partial charge in [0.25, 0.3) is 5.84 Å². The number of ether oxygens (including phenoxy) is 1. The number of nitrogens with one attached hydrogen (secondary N) is 1. The average Bonchev–Trinajstić information content (AvgIpc) is 3.06. The lowest BCUT2D eigenvalue weighted by atomic mass is 9.95. The first-order valence-electron chi connectivity index (χ1n) is 9.47. The van der Waals surface area contributed by atoms with Gasteiger partial charge in [-0.3, -0.25) is 10.2 Å². The Hall–Kier alpha value is -2.13. The van der Waals surface area contributed by atoms with Gasteiger partial charge in [0.05, 0.1) is 25.4 Å². The van der Waals surface area contributed by atoms with Crippen LogP contribution >= 0.6 is 0 Å². The number of hydrogen-bond donors (Lipinski definition) is 1. The molecule has 0 bridgehead atoms. The van der Waals surface area contributed by atoms with Gasteiger partial charge in [-0.25, -0.2) is 4.67 Å². The Balaban J connectivity index is 1.86. The van der Waals surface area contributed by atoms with Crippen LogP contribution in [-0.4, -0.2) is 55.4 Å². The Labute approximate surface area is 151 Å². The topological polar surface area (TPSA) is 41.8 Å². The Kier molecular flexibility index (Phi) is 5.87. The van der Waals surface area contributed by atoms with Gasteiger partial charge < -0.3 is 9.64 Å². The Morgan fingerprint density at radius 3 is 2.48 bits per heavy atom. The summed E-state index contributed by atoms with van der Waals surface area (Å²) in [5.41, 5.74) is 1.04. The number of benzene rings is 1. The summed E-state index contributed by atoms with van der Waals surface area (Å²) in [4.78, 5) is 4.62. The Bertz CT molecular complexity index is 628. The molecule has 2 aliphatic rings. The summed E-state index contributed by atoms with van der Waals surface area (Å²) in [6.07, 6.45) is 8.77. The van der Waals surface area contributed by atoms with Crippen LogP contribution in [0.15, 0.2) is 24.3 Å². The molecule has 0 unspecified atom stereocenters. The predicted octanol–water partition coefficient (Wildman–Crippen LogP) is 2.92. The van der Waals surface area contributed by atoms with Crippen molar-refractivity contribution in [1.29, 1.82) is 0 Å². The molecule has 1 saturated heterocycles. The number of anilines is 1. The van der Waals surface area contributed by atoms with E-state index in [1.807, 2.05) is 24.3 Å². The van der Waals surface area contributed by atoms with Crippen molar-refractivity contribution in [2.45, 2.75) is 51.0 Å². The molecule has 1 aliphatic carbocycles. The highest BCUT2D eigenvalue weighted by Crippen LogP contribution is 2.22. The molecule has 0 amide bonds. The standard InChI is InChI=1S/C20H30N4O/c1-23-15-7-10-19(23)22-20(24(2)17-8-5-4-6-9-17)21-16-11-13-18(25-3)14-12-16/h11-14,17H,4-10,15H2,1-3H3/p+1. The van der Waals surface area contributed by atoms with E-state index in [2.05, 4.69) is 29.2 Å². The number of rotatable bonds is 3. The van der Waals surface area contributed by atoms with Gasteiger partial charge in [-0.1, -0.05) is 19.3 Å². The summed E-state index contributed by atoms with van der Waals surface area (Å²) in [6, 6.07) is 8.63. The highest BCUT2D eigenvalue weighted by Gasteiger charge is 2.27. The van der Waals surface area contributed by atoms with Crippen LogP contribution < -0.4 is 14.7 Å². The summed E-state index contributed by atoms with van der Waals surface area (Å²) in [5.74, 6) is 3.01. The van der Waals surface area contributed by atoms with Crippen LogP contribution in [0.5, 0.6) is 5.75 Å². The molecule has 3 rings (SSSR count). The predicted molar refractivity (Wildman–Crippen MR) is 105 cm³/mol. The van der Waals surface area contributed by atoms with Crippen LogP contribution in [0, 0.1) is 0 Å². The second-order valence-electron chi connectivity index (χ2n) is 7.13. The van der Waals surface area contributed by atoms with Crippen LogP contribution in [0.2, 0.25) is 0 Å². The van der Waals surface area contributed by atoms with Crippen molar-refractivity contribution in [3.63, 3.8) is 0 Å². The highest BCUT2D eigenvalue weighted by atomic mass is 16.5. The van der Waals surface area contributed by atoms with E-state index in [0.717, 1.165) is 30.4 Å². The average molecular weight is 343 g/mol. The normalized spacial score (nSPS) is 18.0. The molecule has 1 N–H and O–H groups in total. The van der Waals surface area contributed by atoms with Gasteiger partial charge in [-0.15, -0.1) is 0 Å². The number of likely N-dealkylation sites (tertiary alicyclic amines) is 1. The van der Waals surface area contributed by atoms with Gasteiger partial charge in [-0.05, 0) is 43.5 Å². The zero-order valence-electron chi connectivity index (χ0n) is 15.8. The zero-order chi connectivity index (χ0) is 17.6. The summed E-state index contributed by atoms with van der Waals surface area (Å²) >= 11 is 0. The van der Waals surface area contributed by atoms with Crippen molar-refractivity contribution in [1.82, 2.24) is 14.5 Å². The molecular formula is C20H31N4O+. The van der Waals surface area contributed by atoms with E-state index in [9.17, 15) is 0 Å². The third-order valence-corrected chi connectivity index (χ3v) is 5.37. The molecule has 0 atom stereocenters. The van der Waals surface area contributed by atoms with Gasteiger partial charge in [0.1, 0.15) is 5.75 Å². The molecule has 1 aromatic carbocycles. The number of hydrogen-bond acceptors (Lipinski definition) is 1. The minimum absolute atomic E-state index is 0.575. The number of guanidine groups is 1. The fourth-order valence-electron chi connectivity index (χ4n) is 3.70. The summed E-state index contributed by atoms with van der Waals surface area (Å²) in [7, 11) is 6.01. The van der Waals surface area contributed by atoms with Gasteiger partial charge >= 0.3 is 5.96 Å². The van der Waals surface area contributed by atoms with Gasteiger partial charge in [-0.2, -0.15) is 0 Å². The molecule has 5 nitrogen and oxygen atoms in total.